The van der Waals surface area contributed by atoms with Crippen molar-refractivity contribution in [2.75, 3.05) is 13.7 Å². The second-order valence-electron chi connectivity index (χ2n) is 6.26. The van der Waals surface area contributed by atoms with Gasteiger partial charge in [0.1, 0.15) is 5.75 Å². The topological polar surface area (TPSA) is 77.3 Å². The number of hydrogen-bond donors (Lipinski definition) is 2. The average molecular weight is 336 g/mol. The molecule has 128 valence electrons. The summed E-state index contributed by atoms with van der Waals surface area (Å²) in [6.45, 7) is -0.119. The van der Waals surface area contributed by atoms with E-state index < -0.39 is 5.97 Å². The first kappa shape index (κ1) is 15.7. The Morgan fingerprint density at radius 2 is 2.04 bits per heavy atom. The van der Waals surface area contributed by atoms with Gasteiger partial charge in [0, 0.05) is 17.1 Å². The molecule has 0 amide bonds. The van der Waals surface area contributed by atoms with E-state index in [4.69, 9.17) is 10.5 Å². The molecule has 1 heterocycles. The number of nitrogens with two attached hydrogens (primary N) is 1. The second-order valence-corrected chi connectivity index (χ2v) is 6.26. The van der Waals surface area contributed by atoms with E-state index in [1.54, 1.807) is 0 Å². The van der Waals surface area contributed by atoms with E-state index in [-0.39, 0.29) is 12.6 Å². The Kier molecular flexibility index (Phi) is 3.93. The highest BCUT2D eigenvalue weighted by atomic mass is 16.6. The molecule has 1 aliphatic carbocycles. The van der Waals surface area contributed by atoms with Crippen LogP contribution in [0, 0.1) is 0 Å². The zero-order valence-electron chi connectivity index (χ0n) is 14.0. The van der Waals surface area contributed by atoms with Gasteiger partial charge in [0.15, 0.2) is 6.61 Å². The van der Waals surface area contributed by atoms with Crippen LogP contribution in [0.15, 0.2) is 42.5 Å². The van der Waals surface area contributed by atoms with E-state index in [0.717, 1.165) is 40.6 Å². The molecular formula is C20H20N2O3. The van der Waals surface area contributed by atoms with Crippen LogP contribution >= 0.6 is 0 Å². The Balaban J connectivity index is 1.88. The molecular weight excluding hydrogens is 316 g/mol. The summed E-state index contributed by atoms with van der Waals surface area (Å²) in [5.74, 6) is 0.234. The zero-order chi connectivity index (χ0) is 17.4. The minimum atomic E-state index is -0.406. The fraction of sp³-hybridized carbons (Fsp3) is 0.250. The smallest absolute Gasteiger partial charge is 0.343 e. The Hall–Kier alpha value is -2.79. The van der Waals surface area contributed by atoms with Crippen LogP contribution in [0.25, 0.3) is 22.2 Å². The monoisotopic (exact) mass is 336 g/mol. The molecule has 1 aromatic heterocycles. The maximum atomic E-state index is 11.4. The van der Waals surface area contributed by atoms with Crippen molar-refractivity contribution in [2.45, 2.75) is 18.9 Å². The molecule has 25 heavy (non-hydrogen) atoms. The quantitative estimate of drug-likeness (QED) is 0.717. The molecule has 3 N–H and O–H groups in total. The van der Waals surface area contributed by atoms with Gasteiger partial charge in [-0.1, -0.05) is 36.4 Å². The summed E-state index contributed by atoms with van der Waals surface area (Å²) in [4.78, 5) is 14.9. The van der Waals surface area contributed by atoms with Gasteiger partial charge in [-0.3, -0.25) is 0 Å². The molecule has 5 nitrogen and oxygen atoms in total. The highest BCUT2D eigenvalue weighted by Gasteiger charge is 2.26. The molecule has 5 heteroatoms. The number of carbonyl (C=O) groups is 1. The fourth-order valence-electron chi connectivity index (χ4n) is 3.56. The number of benzene rings is 2. The van der Waals surface area contributed by atoms with E-state index in [2.05, 4.69) is 21.9 Å². The lowest BCUT2D eigenvalue weighted by atomic mass is 9.87. The molecule has 0 saturated heterocycles. The number of nitrogens with one attached hydrogen (secondary N) is 1. The molecule has 1 aliphatic rings. The van der Waals surface area contributed by atoms with Crippen LogP contribution in [0.5, 0.6) is 5.75 Å². The summed E-state index contributed by atoms with van der Waals surface area (Å²) in [6, 6.07) is 14.1. The number of ether oxygens (including phenoxy) is 2. The number of esters is 1. The highest BCUT2D eigenvalue weighted by molar-refractivity contribution is 5.98. The van der Waals surface area contributed by atoms with E-state index in [1.807, 2.05) is 30.3 Å². The van der Waals surface area contributed by atoms with Crippen molar-refractivity contribution in [2.24, 2.45) is 5.73 Å². The van der Waals surface area contributed by atoms with Crippen LogP contribution in [-0.4, -0.2) is 24.7 Å². The Morgan fingerprint density at radius 1 is 1.24 bits per heavy atom. The summed E-state index contributed by atoms with van der Waals surface area (Å²) < 4.78 is 10.3. The van der Waals surface area contributed by atoms with E-state index in [9.17, 15) is 4.79 Å². The summed E-state index contributed by atoms with van der Waals surface area (Å²) in [5.41, 5.74) is 11.8. The molecule has 1 atom stereocenters. The SMILES string of the molecule is COC(=O)COc1ccc2c3c(c(-c4ccccc4)[nH]c13)CCC2N. The van der Waals surface area contributed by atoms with Crippen molar-refractivity contribution < 1.29 is 14.3 Å². The molecule has 4 rings (SSSR count). The van der Waals surface area contributed by atoms with Crippen molar-refractivity contribution in [3.8, 4) is 17.0 Å². The highest BCUT2D eigenvalue weighted by Crippen LogP contribution is 2.43. The molecule has 3 aromatic rings. The van der Waals surface area contributed by atoms with Crippen molar-refractivity contribution in [3.05, 3.63) is 53.6 Å². The molecule has 1 unspecified atom stereocenters. The number of aromatic nitrogens is 1. The fourth-order valence-corrected chi connectivity index (χ4v) is 3.56. The number of aromatic amines is 1. The number of rotatable bonds is 4. The Labute approximate surface area is 145 Å². The molecule has 0 fully saturated rings. The molecule has 0 spiro atoms. The summed E-state index contributed by atoms with van der Waals surface area (Å²) in [5, 5.41) is 1.12. The van der Waals surface area contributed by atoms with Crippen molar-refractivity contribution in [1.29, 1.82) is 0 Å². The minimum absolute atomic E-state index is 0.0177. The minimum Gasteiger partial charge on any atom is -0.480 e. The standard InChI is InChI=1S/C20H20N2O3/c1-24-17(23)11-25-16-10-8-13-15(21)9-7-14-18(13)20(16)22-19(14)12-5-3-2-4-6-12/h2-6,8,10,15,22H,7,9,11,21H2,1H3. The van der Waals surface area contributed by atoms with Gasteiger partial charge >= 0.3 is 5.97 Å². The normalized spacial score (nSPS) is 16.0. The summed E-state index contributed by atoms with van der Waals surface area (Å²) in [6.07, 6.45) is 1.83. The van der Waals surface area contributed by atoms with Gasteiger partial charge in [0.05, 0.1) is 12.6 Å². The summed E-state index contributed by atoms with van der Waals surface area (Å²) in [7, 11) is 1.35. The van der Waals surface area contributed by atoms with Gasteiger partial charge in [-0.25, -0.2) is 4.79 Å². The van der Waals surface area contributed by atoms with Crippen molar-refractivity contribution >= 4 is 16.9 Å². The Morgan fingerprint density at radius 3 is 2.80 bits per heavy atom. The van der Waals surface area contributed by atoms with Gasteiger partial charge in [-0.05, 0) is 35.6 Å². The molecule has 0 aliphatic heterocycles. The first-order valence-electron chi connectivity index (χ1n) is 8.37. The van der Waals surface area contributed by atoms with Crippen LogP contribution in [-0.2, 0) is 16.0 Å². The van der Waals surface area contributed by atoms with E-state index in [0.29, 0.717) is 5.75 Å². The third-order valence-electron chi connectivity index (χ3n) is 4.79. The van der Waals surface area contributed by atoms with Crippen molar-refractivity contribution in [3.63, 3.8) is 0 Å². The number of methoxy groups -OCH3 is 1. The van der Waals surface area contributed by atoms with E-state index >= 15 is 0 Å². The average Bonchev–Trinajstić information content (AvgIpc) is 3.04. The second kappa shape index (κ2) is 6.26. The lowest BCUT2D eigenvalue weighted by Gasteiger charge is -2.21. The molecule has 0 bridgehead atoms. The number of H-pyrrole nitrogens is 1. The maximum absolute atomic E-state index is 11.4. The number of aryl methyl sites for hydroxylation is 1. The van der Waals surface area contributed by atoms with Crippen molar-refractivity contribution in [1.82, 2.24) is 4.98 Å². The summed E-state index contributed by atoms with van der Waals surface area (Å²) >= 11 is 0. The van der Waals surface area contributed by atoms with Crippen LogP contribution < -0.4 is 10.5 Å². The lowest BCUT2D eigenvalue weighted by Crippen LogP contribution is -2.16. The van der Waals surface area contributed by atoms with Gasteiger partial charge in [-0.2, -0.15) is 0 Å². The van der Waals surface area contributed by atoms with Crippen LogP contribution in [0.4, 0.5) is 0 Å². The third kappa shape index (κ3) is 2.66. The van der Waals surface area contributed by atoms with Gasteiger partial charge < -0.3 is 20.2 Å². The van der Waals surface area contributed by atoms with Gasteiger partial charge in [0.2, 0.25) is 0 Å². The van der Waals surface area contributed by atoms with Gasteiger partial charge in [0.25, 0.3) is 0 Å². The first-order valence-corrected chi connectivity index (χ1v) is 8.37. The van der Waals surface area contributed by atoms with Crippen LogP contribution in [0.3, 0.4) is 0 Å². The van der Waals surface area contributed by atoms with Crippen LogP contribution in [0.1, 0.15) is 23.6 Å². The third-order valence-corrected chi connectivity index (χ3v) is 4.79. The molecule has 0 radical (unpaired) electrons. The Bertz CT molecular complexity index is 931. The predicted molar refractivity (Wildman–Crippen MR) is 96.5 cm³/mol. The number of carbonyl (C=O) groups excluding carboxylic acids is 1. The van der Waals surface area contributed by atoms with E-state index in [1.165, 1.54) is 12.7 Å². The van der Waals surface area contributed by atoms with Gasteiger partial charge in [-0.15, -0.1) is 0 Å². The molecule has 2 aromatic carbocycles. The lowest BCUT2D eigenvalue weighted by molar-refractivity contribution is -0.142. The largest absolute Gasteiger partial charge is 0.480 e. The predicted octanol–water partition coefficient (Wildman–Crippen LogP) is 3.33. The van der Waals surface area contributed by atoms with Crippen LogP contribution in [0.2, 0.25) is 0 Å². The first-order chi connectivity index (χ1) is 12.2. The maximum Gasteiger partial charge on any atom is 0.343 e. The zero-order valence-corrected chi connectivity index (χ0v) is 14.0. The molecule has 0 saturated carbocycles. The number of hydrogen-bond acceptors (Lipinski definition) is 4.